The van der Waals surface area contributed by atoms with Gasteiger partial charge < -0.3 is 15.0 Å². The number of carbonyl (C=O) groups excluding carboxylic acids is 1. The van der Waals surface area contributed by atoms with Gasteiger partial charge >= 0.3 is 0 Å². The number of piperazine rings is 1. The number of nitrogens with one attached hydrogen (secondary N) is 1. The molecule has 0 atom stereocenters. The number of carbonyl (C=O) groups is 1. The molecule has 1 saturated heterocycles. The lowest BCUT2D eigenvalue weighted by Gasteiger charge is -2.34. The van der Waals surface area contributed by atoms with Crippen molar-refractivity contribution in [1.82, 2.24) is 9.80 Å². The van der Waals surface area contributed by atoms with E-state index in [1.165, 1.54) is 23.8 Å². The summed E-state index contributed by atoms with van der Waals surface area (Å²) < 4.78 is 18.9. The Morgan fingerprint density at radius 1 is 1.11 bits per heavy atom. The molecule has 1 aliphatic rings. The third kappa shape index (κ3) is 5.92. The average Bonchev–Trinajstić information content (AvgIpc) is 2.70. The van der Waals surface area contributed by atoms with Gasteiger partial charge in [0.25, 0.3) is 0 Å². The molecule has 0 aliphatic carbocycles. The molecular weight excluding hydrogens is 381 g/mol. The molecule has 0 unspecified atom stereocenters. The first-order chi connectivity index (χ1) is 13.5. The summed E-state index contributed by atoms with van der Waals surface area (Å²) in [7, 11) is 1.67. The molecule has 1 heterocycles. The van der Waals surface area contributed by atoms with Crippen LogP contribution in [0.2, 0.25) is 5.02 Å². The molecule has 1 N–H and O–H groups in total. The van der Waals surface area contributed by atoms with E-state index in [0.717, 1.165) is 44.9 Å². The van der Waals surface area contributed by atoms with Gasteiger partial charge in [-0.15, -0.1) is 0 Å². The molecule has 0 radical (unpaired) electrons. The molecule has 1 aliphatic heterocycles. The molecular formula is C21H25ClFN3O2. The van der Waals surface area contributed by atoms with Crippen molar-refractivity contribution in [1.29, 1.82) is 0 Å². The molecule has 3 rings (SSSR count). The lowest BCUT2D eigenvalue weighted by Crippen LogP contribution is -2.49. The van der Waals surface area contributed by atoms with E-state index in [4.69, 9.17) is 16.3 Å². The summed E-state index contributed by atoms with van der Waals surface area (Å²) in [5, 5.41) is 2.99. The van der Waals surface area contributed by atoms with Crippen molar-refractivity contribution in [3.05, 3.63) is 58.9 Å². The van der Waals surface area contributed by atoms with E-state index < -0.39 is 5.82 Å². The van der Waals surface area contributed by atoms with Gasteiger partial charge in [-0.1, -0.05) is 23.7 Å². The van der Waals surface area contributed by atoms with Crippen LogP contribution < -0.4 is 10.1 Å². The van der Waals surface area contributed by atoms with Gasteiger partial charge in [-0.05, 0) is 42.3 Å². The van der Waals surface area contributed by atoms with Crippen LogP contribution in [0.15, 0.2) is 42.5 Å². The number of nitrogens with zero attached hydrogens (tertiary/aromatic N) is 2. The maximum absolute atomic E-state index is 13.7. The fourth-order valence-electron chi connectivity index (χ4n) is 3.24. The van der Waals surface area contributed by atoms with Crippen LogP contribution in [0.25, 0.3) is 0 Å². The predicted octanol–water partition coefficient (Wildman–Crippen LogP) is 3.29. The van der Waals surface area contributed by atoms with Crippen LogP contribution in [-0.2, 0) is 11.2 Å². The van der Waals surface area contributed by atoms with Gasteiger partial charge in [0.2, 0.25) is 5.91 Å². The predicted molar refractivity (Wildman–Crippen MR) is 110 cm³/mol. The van der Waals surface area contributed by atoms with E-state index in [2.05, 4.69) is 27.2 Å². The second-order valence-corrected chi connectivity index (χ2v) is 7.32. The Morgan fingerprint density at radius 3 is 2.46 bits per heavy atom. The van der Waals surface area contributed by atoms with Crippen LogP contribution in [0.5, 0.6) is 5.75 Å². The smallest absolute Gasteiger partial charge is 0.238 e. The van der Waals surface area contributed by atoms with Gasteiger partial charge in [0.15, 0.2) is 0 Å². The Balaban J connectivity index is 1.39. The number of benzene rings is 2. The summed E-state index contributed by atoms with van der Waals surface area (Å²) in [6.45, 7) is 4.68. The number of anilines is 1. The molecule has 0 aromatic heterocycles. The van der Waals surface area contributed by atoms with Crippen molar-refractivity contribution in [3.8, 4) is 5.75 Å². The van der Waals surface area contributed by atoms with Gasteiger partial charge in [0.1, 0.15) is 11.6 Å². The van der Waals surface area contributed by atoms with Crippen molar-refractivity contribution >= 4 is 23.2 Å². The van der Waals surface area contributed by atoms with Crippen LogP contribution in [0.4, 0.5) is 10.1 Å². The Labute approximate surface area is 170 Å². The number of methoxy groups -OCH3 is 1. The van der Waals surface area contributed by atoms with Crippen molar-refractivity contribution < 1.29 is 13.9 Å². The highest BCUT2D eigenvalue weighted by molar-refractivity contribution is 6.30. The van der Waals surface area contributed by atoms with Gasteiger partial charge in [-0.2, -0.15) is 0 Å². The molecule has 5 nitrogen and oxygen atoms in total. The fourth-order valence-corrected chi connectivity index (χ4v) is 3.41. The molecule has 7 heteroatoms. The van der Waals surface area contributed by atoms with Gasteiger partial charge in [-0.25, -0.2) is 4.39 Å². The Kier molecular flexibility index (Phi) is 7.25. The minimum absolute atomic E-state index is 0.121. The number of hydrogen-bond acceptors (Lipinski definition) is 4. The van der Waals surface area contributed by atoms with Crippen molar-refractivity contribution in [2.75, 3.05) is 51.7 Å². The third-order valence-corrected chi connectivity index (χ3v) is 5.15. The van der Waals surface area contributed by atoms with Gasteiger partial charge in [0, 0.05) is 37.7 Å². The summed E-state index contributed by atoms with van der Waals surface area (Å²) in [5.41, 5.74) is 1.40. The van der Waals surface area contributed by atoms with Gasteiger partial charge in [0.05, 0.1) is 19.3 Å². The minimum Gasteiger partial charge on any atom is -0.497 e. The molecule has 1 fully saturated rings. The summed E-state index contributed by atoms with van der Waals surface area (Å²) >= 11 is 5.86. The first kappa shape index (κ1) is 20.6. The number of halogens is 2. The van der Waals surface area contributed by atoms with Crippen LogP contribution in [-0.4, -0.2) is 62.1 Å². The van der Waals surface area contributed by atoms with E-state index in [9.17, 15) is 9.18 Å². The molecule has 0 bridgehead atoms. The topological polar surface area (TPSA) is 44.8 Å². The van der Waals surface area contributed by atoms with Crippen LogP contribution in [0.3, 0.4) is 0 Å². The summed E-state index contributed by atoms with van der Waals surface area (Å²) in [4.78, 5) is 16.7. The third-order valence-electron chi connectivity index (χ3n) is 4.91. The lowest BCUT2D eigenvalue weighted by molar-refractivity contribution is -0.117. The second-order valence-electron chi connectivity index (χ2n) is 6.89. The monoisotopic (exact) mass is 405 g/mol. The summed E-state index contributed by atoms with van der Waals surface area (Å²) in [6, 6.07) is 12.3. The molecule has 0 saturated carbocycles. The standard InChI is InChI=1S/C21H25ClFN3O2/c1-28-18-5-2-16(3-6-18)8-9-25-10-12-26(13-11-25)15-21(27)24-20-14-17(22)4-7-19(20)23/h2-7,14H,8-13,15H2,1H3,(H,24,27). The Hall–Kier alpha value is -2.15. The van der Waals surface area contributed by atoms with E-state index in [1.54, 1.807) is 7.11 Å². The first-order valence-corrected chi connectivity index (χ1v) is 9.74. The lowest BCUT2D eigenvalue weighted by atomic mass is 10.1. The molecule has 150 valence electrons. The fraction of sp³-hybridized carbons (Fsp3) is 0.381. The van der Waals surface area contributed by atoms with E-state index in [0.29, 0.717) is 5.02 Å². The normalized spacial score (nSPS) is 15.4. The van der Waals surface area contributed by atoms with Crippen molar-refractivity contribution in [2.45, 2.75) is 6.42 Å². The van der Waals surface area contributed by atoms with Crippen LogP contribution in [0.1, 0.15) is 5.56 Å². The van der Waals surface area contributed by atoms with Crippen LogP contribution in [0, 0.1) is 5.82 Å². The SMILES string of the molecule is COc1ccc(CCN2CCN(CC(=O)Nc3cc(Cl)ccc3F)CC2)cc1. The quantitative estimate of drug-likeness (QED) is 0.767. The number of hydrogen-bond donors (Lipinski definition) is 1. The van der Waals surface area contributed by atoms with E-state index in [1.807, 2.05) is 12.1 Å². The Bertz CT molecular complexity index is 793. The largest absolute Gasteiger partial charge is 0.497 e. The highest BCUT2D eigenvalue weighted by Gasteiger charge is 2.19. The Morgan fingerprint density at radius 2 is 1.79 bits per heavy atom. The second kappa shape index (κ2) is 9.87. The summed E-state index contributed by atoms with van der Waals surface area (Å²) in [6.07, 6.45) is 0.985. The maximum atomic E-state index is 13.7. The molecule has 0 spiro atoms. The highest BCUT2D eigenvalue weighted by Crippen LogP contribution is 2.19. The van der Waals surface area contributed by atoms with Crippen molar-refractivity contribution in [2.24, 2.45) is 0 Å². The molecule has 2 aromatic rings. The van der Waals surface area contributed by atoms with Gasteiger partial charge in [-0.3, -0.25) is 9.69 Å². The number of ether oxygens (including phenoxy) is 1. The van der Waals surface area contributed by atoms with E-state index >= 15 is 0 Å². The number of rotatable bonds is 7. The average molecular weight is 406 g/mol. The zero-order valence-corrected chi connectivity index (χ0v) is 16.7. The molecule has 2 aromatic carbocycles. The van der Waals surface area contributed by atoms with E-state index in [-0.39, 0.29) is 18.1 Å². The number of amides is 1. The zero-order chi connectivity index (χ0) is 19.9. The minimum atomic E-state index is -0.485. The first-order valence-electron chi connectivity index (χ1n) is 9.36. The maximum Gasteiger partial charge on any atom is 0.238 e. The molecule has 28 heavy (non-hydrogen) atoms. The summed E-state index contributed by atoms with van der Waals surface area (Å²) in [5.74, 6) is 0.155. The van der Waals surface area contributed by atoms with Crippen LogP contribution >= 0.6 is 11.6 Å². The highest BCUT2D eigenvalue weighted by atomic mass is 35.5. The van der Waals surface area contributed by atoms with Crippen molar-refractivity contribution in [3.63, 3.8) is 0 Å². The molecule has 1 amide bonds. The zero-order valence-electron chi connectivity index (χ0n) is 16.0.